The molecule has 0 aliphatic carbocycles. The van der Waals surface area contributed by atoms with E-state index in [4.69, 9.17) is 4.74 Å². The molecule has 6 nitrogen and oxygen atoms in total. The summed E-state index contributed by atoms with van der Waals surface area (Å²) in [4.78, 5) is 29.6. The van der Waals surface area contributed by atoms with Crippen LogP contribution in [0.1, 0.15) is 6.92 Å². The van der Waals surface area contributed by atoms with Crippen LogP contribution in [-0.4, -0.2) is 85.0 Å². The van der Waals surface area contributed by atoms with E-state index in [0.29, 0.717) is 19.1 Å². The topological polar surface area (TPSA) is 53.1 Å². The van der Waals surface area contributed by atoms with Gasteiger partial charge >= 0.3 is 0 Å². The van der Waals surface area contributed by atoms with E-state index < -0.39 is 0 Å². The number of amides is 2. The summed E-state index contributed by atoms with van der Waals surface area (Å²) in [6.07, 6.45) is 0. The van der Waals surface area contributed by atoms with E-state index in [9.17, 15) is 9.59 Å². The molecule has 3 heterocycles. The van der Waals surface area contributed by atoms with Crippen molar-refractivity contribution in [3.63, 3.8) is 0 Å². The molecule has 0 aromatic rings. The van der Waals surface area contributed by atoms with Gasteiger partial charge in [-0.05, 0) is 0 Å². The van der Waals surface area contributed by atoms with Crippen molar-refractivity contribution in [1.29, 1.82) is 0 Å². The van der Waals surface area contributed by atoms with E-state index in [-0.39, 0.29) is 17.7 Å². The van der Waals surface area contributed by atoms with Crippen molar-refractivity contribution < 1.29 is 14.3 Å². The molecule has 0 aromatic carbocycles. The highest BCUT2D eigenvalue weighted by atomic mass is 16.5. The number of likely N-dealkylation sites (tertiary alicyclic amines) is 1. The second-order valence-corrected chi connectivity index (χ2v) is 5.67. The summed E-state index contributed by atoms with van der Waals surface area (Å²) in [5, 5.41) is 0. The lowest BCUT2D eigenvalue weighted by Crippen LogP contribution is -2.62. The minimum Gasteiger partial charge on any atom is -0.378 e. The van der Waals surface area contributed by atoms with E-state index in [0.717, 1.165) is 39.4 Å². The van der Waals surface area contributed by atoms with Gasteiger partial charge in [0, 0.05) is 46.2 Å². The predicted octanol–water partition coefficient (Wildman–Crippen LogP) is -0.992. The Morgan fingerprint density at radius 3 is 2.58 bits per heavy atom. The molecule has 1 unspecified atom stereocenters. The van der Waals surface area contributed by atoms with Gasteiger partial charge in [-0.3, -0.25) is 14.5 Å². The predicted molar refractivity (Wildman–Crippen MR) is 68.5 cm³/mol. The Morgan fingerprint density at radius 1 is 1.05 bits per heavy atom. The molecule has 3 saturated heterocycles. The minimum absolute atomic E-state index is 0.0139. The van der Waals surface area contributed by atoms with Crippen molar-refractivity contribution in [2.45, 2.75) is 13.0 Å². The molecule has 6 heteroatoms. The Labute approximate surface area is 113 Å². The summed E-state index contributed by atoms with van der Waals surface area (Å²) in [5.41, 5.74) is 0. The first-order chi connectivity index (χ1) is 9.15. The largest absolute Gasteiger partial charge is 0.378 e. The average molecular weight is 267 g/mol. The maximum atomic E-state index is 12.4. The molecule has 0 spiro atoms. The second-order valence-electron chi connectivity index (χ2n) is 5.67. The third-order valence-electron chi connectivity index (χ3n) is 4.43. The third-order valence-corrected chi connectivity index (χ3v) is 4.43. The molecular weight excluding hydrogens is 246 g/mol. The lowest BCUT2D eigenvalue weighted by molar-refractivity contribution is -0.151. The molecule has 0 saturated carbocycles. The highest BCUT2D eigenvalue weighted by molar-refractivity contribution is 5.83. The zero-order valence-corrected chi connectivity index (χ0v) is 11.4. The Morgan fingerprint density at radius 2 is 1.84 bits per heavy atom. The fourth-order valence-electron chi connectivity index (χ4n) is 3.10. The molecule has 0 radical (unpaired) electrons. The van der Waals surface area contributed by atoms with Crippen LogP contribution >= 0.6 is 0 Å². The summed E-state index contributed by atoms with van der Waals surface area (Å²) in [5.74, 6) is 0.289. The molecule has 0 aromatic heterocycles. The Hall–Kier alpha value is -1.14. The first-order valence-corrected chi connectivity index (χ1v) is 7.01. The molecule has 19 heavy (non-hydrogen) atoms. The van der Waals surface area contributed by atoms with Gasteiger partial charge < -0.3 is 14.5 Å². The fourth-order valence-corrected chi connectivity index (χ4v) is 3.10. The maximum absolute atomic E-state index is 12.4. The number of hydrogen-bond donors (Lipinski definition) is 0. The number of carbonyl (C=O) groups excluding carboxylic acids is 2. The molecule has 3 aliphatic rings. The van der Waals surface area contributed by atoms with Crippen molar-refractivity contribution >= 4 is 11.8 Å². The van der Waals surface area contributed by atoms with Gasteiger partial charge in [-0.1, -0.05) is 0 Å². The average Bonchev–Trinajstić information content (AvgIpc) is 2.35. The number of fused-ring (bicyclic) bond motifs is 1. The first kappa shape index (κ1) is 12.9. The van der Waals surface area contributed by atoms with E-state index >= 15 is 0 Å². The van der Waals surface area contributed by atoms with Crippen molar-refractivity contribution in [1.82, 2.24) is 14.7 Å². The summed E-state index contributed by atoms with van der Waals surface area (Å²) < 4.78 is 5.48. The van der Waals surface area contributed by atoms with E-state index in [1.165, 1.54) is 0 Å². The molecular formula is C13H21N3O3. The SMILES string of the molecule is CC(=O)N1CC(C(=O)N2CCN3CCOCC3C2)C1. The monoisotopic (exact) mass is 267 g/mol. The number of morpholine rings is 1. The fraction of sp³-hybridized carbons (Fsp3) is 0.846. The maximum Gasteiger partial charge on any atom is 0.229 e. The van der Waals surface area contributed by atoms with Gasteiger partial charge in [0.15, 0.2) is 0 Å². The van der Waals surface area contributed by atoms with E-state index in [1.54, 1.807) is 11.8 Å². The first-order valence-electron chi connectivity index (χ1n) is 7.01. The van der Waals surface area contributed by atoms with Crippen LogP contribution in [0.2, 0.25) is 0 Å². The Balaban J connectivity index is 1.53. The van der Waals surface area contributed by atoms with Crippen LogP contribution in [0, 0.1) is 5.92 Å². The number of piperazine rings is 1. The van der Waals surface area contributed by atoms with Crippen LogP contribution in [0.4, 0.5) is 0 Å². The van der Waals surface area contributed by atoms with Crippen LogP contribution in [0.5, 0.6) is 0 Å². The molecule has 0 N–H and O–H groups in total. The molecule has 3 fully saturated rings. The highest BCUT2D eigenvalue weighted by Gasteiger charge is 2.39. The smallest absolute Gasteiger partial charge is 0.229 e. The number of ether oxygens (including phenoxy) is 1. The van der Waals surface area contributed by atoms with Crippen molar-refractivity contribution in [2.24, 2.45) is 5.92 Å². The van der Waals surface area contributed by atoms with E-state index in [1.807, 2.05) is 4.90 Å². The molecule has 3 rings (SSSR count). The number of nitrogens with zero attached hydrogens (tertiary/aromatic N) is 3. The molecule has 1 atom stereocenters. The van der Waals surface area contributed by atoms with Crippen LogP contribution < -0.4 is 0 Å². The van der Waals surface area contributed by atoms with Gasteiger partial charge in [0.2, 0.25) is 11.8 Å². The van der Waals surface area contributed by atoms with Crippen LogP contribution in [0.15, 0.2) is 0 Å². The number of carbonyl (C=O) groups is 2. The third kappa shape index (κ3) is 2.47. The lowest BCUT2D eigenvalue weighted by atomic mass is 9.97. The normalized spacial score (nSPS) is 28.8. The summed E-state index contributed by atoms with van der Waals surface area (Å²) in [7, 11) is 0. The van der Waals surface area contributed by atoms with Crippen molar-refractivity contribution in [3.8, 4) is 0 Å². The summed E-state index contributed by atoms with van der Waals surface area (Å²) in [6, 6.07) is 0.357. The minimum atomic E-state index is 0.0139. The molecule has 0 bridgehead atoms. The zero-order chi connectivity index (χ0) is 13.4. The quantitative estimate of drug-likeness (QED) is 0.612. The molecule has 3 aliphatic heterocycles. The van der Waals surface area contributed by atoms with Gasteiger partial charge in [0.05, 0.1) is 25.2 Å². The van der Waals surface area contributed by atoms with Crippen LogP contribution in [0.3, 0.4) is 0 Å². The van der Waals surface area contributed by atoms with Gasteiger partial charge in [-0.25, -0.2) is 0 Å². The summed E-state index contributed by atoms with van der Waals surface area (Å²) >= 11 is 0. The van der Waals surface area contributed by atoms with Gasteiger partial charge in [-0.2, -0.15) is 0 Å². The molecule has 106 valence electrons. The van der Waals surface area contributed by atoms with Crippen molar-refractivity contribution in [3.05, 3.63) is 0 Å². The zero-order valence-electron chi connectivity index (χ0n) is 11.4. The van der Waals surface area contributed by atoms with Gasteiger partial charge in [0.1, 0.15) is 0 Å². The molecule has 2 amide bonds. The lowest BCUT2D eigenvalue weighted by Gasteiger charge is -2.46. The van der Waals surface area contributed by atoms with Crippen LogP contribution in [0.25, 0.3) is 0 Å². The van der Waals surface area contributed by atoms with Gasteiger partial charge in [0.25, 0.3) is 0 Å². The van der Waals surface area contributed by atoms with Crippen molar-refractivity contribution in [2.75, 3.05) is 52.5 Å². The highest BCUT2D eigenvalue weighted by Crippen LogP contribution is 2.21. The number of hydrogen-bond acceptors (Lipinski definition) is 4. The van der Waals surface area contributed by atoms with E-state index in [2.05, 4.69) is 4.90 Å². The Bertz CT molecular complexity index is 381. The second kappa shape index (κ2) is 5.09. The standard InChI is InChI=1S/C13H21N3O3/c1-10(17)16-6-11(7-16)13(18)15-3-2-14-4-5-19-9-12(14)8-15/h11-12H,2-9H2,1H3. The number of rotatable bonds is 1. The van der Waals surface area contributed by atoms with Gasteiger partial charge in [-0.15, -0.1) is 0 Å². The summed E-state index contributed by atoms with van der Waals surface area (Å²) in [6.45, 7) is 7.79. The Kier molecular flexibility index (Phi) is 3.45. The van der Waals surface area contributed by atoms with Crippen LogP contribution in [-0.2, 0) is 14.3 Å².